The van der Waals surface area contributed by atoms with Crippen LogP contribution in [0.25, 0.3) is 6.08 Å². The maximum atomic E-state index is 13.6. The second-order valence-corrected chi connectivity index (χ2v) is 6.49. The Morgan fingerprint density at radius 3 is 2.45 bits per heavy atom. The van der Waals surface area contributed by atoms with Gasteiger partial charge in [-0.3, -0.25) is 0 Å². The molecule has 1 aliphatic rings. The first kappa shape index (κ1) is 17.0. The highest BCUT2D eigenvalue weighted by atomic mass is 32.1. The standard InChI is InChI=1S/C15H18BFN2O2S/c1-14(2)15(3,4)21-16(20-14)11(9-22)5-10-6-12(17)13(7-18)19-8-10/h5-6,8,22H,9H2,1-4H3. The van der Waals surface area contributed by atoms with Crippen LogP contribution >= 0.6 is 12.6 Å². The summed E-state index contributed by atoms with van der Waals surface area (Å²) >= 11 is 4.30. The maximum absolute atomic E-state index is 13.6. The SMILES string of the molecule is CC1(C)OB(C(=Cc2cnc(C#N)c(F)c2)CS)OC1(C)C. The highest BCUT2D eigenvalue weighted by Crippen LogP contribution is 2.39. The monoisotopic (exact) mass is 320 g/mol. The lowest BCUT2D eigenvalue weighted by Gasteiger charge is -2.32. The molecule has 116 valence electrons. The molecule has 1 aliphatic heterocycles. The molecule has 0 aliphatic carbocycles. The Morgan fingerprint density at radius 2 is 2.00 bits per heavy atom. The molecule has 0 N–H and O–H groups in total. The number of rotatable bonds is 3. The predicted molar refractivity (Wildman–Crippen MR) is 86.8 cm³/mol. The number of halogens is 1. The molecule has 1 fully saturated rings. The van der Waals surface area contributed by atoms with Gasteiger partial charge in [-0.2, -0.15) is 17.9 Å². The lowest BCUT2D eigenvalue weighted by atomic mass is 9.78. The normalized spacial score (nSPS) is 20.0. The molecule has 22 heavy (non-hydrogen) atoms. The van der Waals surface area contributed by atoms with Crippen molar-refractivity contribution < 1.29 is 13.7 Å². The third-order valence-electron chi connectivity index (χ3n) is 4.06. The zero-order chi connectivity index (χ0) is 16.5. The van der Waals surface area contributed by atoms with E-state index in [2.05, 4.69) is 17.6 Å². The summed E-state index contributed by atoms with van der Waals surface area (Å²) in [5, 5.41) is 8.71. The van der Waals surface area contributed by atoms with Crippen LogP contribution in [0.4, 0.5) is 4.39 Å². The summed E-state index contributed by atoms with van der Waals surface area (Å²) in [6.07, 6.45) is 3.17. The summed E-state index contributed by atoms with van der Waals surface area (Å²) in [4.78, 5) is 3.78. The molecule has 0 spiro atoms. The zero-order valence-electron chi connectivity index (χ0n) is 13.1. The first-order chi connectivity index (χ1) is 10.2. The molecule has 0 aromatic carbocycles. The summed E-state index contributed by atoms with van der Waals surface area (Å²) < 4.78 is 25.5. The van der Waals surface area contributed by atoms with E-state index in [0.29, 0.717) is 11.3 Å². The lowest BCUT2D eigenvalue weighted by Crippen LogP contribution is -2.41. The molecule has 1 aromatic rings. The van der Waals surface area contributed by atoms with Crippen LogP contribution in [0.2, 0.25) is 0 Å². The van der Waals surface area contributed by atoms with Gasteiger partial charge in [-0.25, -0.2) is 9.37 Å². The molecule has 1 aromatic heterocycles. The molecule has 0 bridgehead atoms. The molecule has 2 heterocycles. The summed E-state index contributed by atoms with van der Waals surface area (Å²) in [6.45, 7) is 7.86. The molecule has 2 rings (SSSR count). The van der Waals surface area contributed by atoms with E-state index in [4.69, 9.17) is 14.6 Å². The van der Waals surface area contributed by atoms with Crippen molar-refractivity contribution in [2.24, 2.45) is 0 Å². The Morgan fingerprint density at radius 1 is 1.41 bits per heavy atom. The van der Waals surface area contributed by atoms with Crippen molar-refractivity contribution in [1.29, 1.82) is 5.26 Å². The van der Waals surface area contributed by atoms with Crippen molar-refractivity contribution in [3.05, 3.63) is 34.8 Å². The minimum atomic E-state index is -0.649. The van der Waals surface area contributed by atoms with Gasteiger partial charge in [0, 0.05) is 11.9 Å². The van der Waals surface area contributed by atoms with Crippen molar-refractivity contribution in [2.45, 2.75) is 38.9 Å². The van der Waals surface area contributed by atoms with Crippen LogP contribution in [0, 0.1) is 17.1 Å². The van der Waals surface area contributed by atoms with Crippen molar-refractivity contribution in [2.75, 3.05) is 5.75 Å². The fourth-order valence-corrected chi connectivity index (χ4v) is 2.25. The topological polar surface area (TPSA) is 55.1 Å². The van der Waals surface area contributed by atoms with Gasteiger partial charge in [0.25, 0.3) is 0 Å². The van der Waals surface area contributed by atoms with E-state index in [1.165, 1.54) is 12.3 Å². The predicted octanol–water partition coefficient (Wildman–Crippen LogP) is 3.04. The first-order valence-electron chi connectivity index (χ1n) is 6.93. The highest BCUT2D eigenvalue weighted by Gasteiger charge is 2.52. The van der Waals surface area contributed by atoms with E-state index >= 15 is 0 Å². The Bertz CT molecular complexity index is 639. The molecular weight excluding hydrogens is 302 g/mol. The minimum Gasteiger partial charge on any atom is -0.400 e. The van der Waals surface area contributed by atoms with Gasteiger partial charge in [0.15, 0.2) is 11.5 Å². The Hall–Kier alpha value is -1.36. The van der Waals surface area contributed by atoms with Gasteiger partial charge in [-0.15, -0.1) is 0 Å². The second-order valence-electron chi connectivity index (χ2n) is 6.18. The fraction of sp³-hybridized carbons (Fsp3) is 0.467. The van der Waals surface area contributed by atoms with Crippen LogP contribution in [-0.4, -0.2) is 29.1 Å². The second kappa shape index (κ2) is 6.03. The summed E-state index contributed by atoms with van der Waals surface area (Å²) in [5.74, 6) is -0.248. The smallest absolute Gasteiger partial charge is 0.400 e. The van der Waals surface area contributed by atoms with Crippen molar-refractivity contribution in [1.82, 2.24) is 4.98 Å². The Labute approximate surface area is 135 Å². The van der Waals surface area contributed by atoms with Gasteiger partial charge in [0.05, 0.1) is 11.2 Å². The van der Waals surface area contributed by atoms with Gasteiger partial charge < -0.3 is 9.31 Å². The number of nitriles is 1. The number of hydrogen-bond acceptors (Lipinski definition) is 5. The molecule has 7 heteroatoms. The van der Waals surface area contributed by atoms with Crippen LogP contribution in [-0.2, 0) is 9.31 Å². The van der Waals surface area contributed by atoms with Crippen LogP contribution in [0.15, 0.2) is 17.7 Å². The summed E-state index contributed by atoms with van der Waals surface area (Å²) in [6, 6.07) is 2.96. The van der Waals surface area contributed by atoms with Crippen LogP contribution in [0.1, 0.15) is 39.0 Å². The third-order valence-corrected chi connectivity index (χ3v) is 4.42. The molecule has 0 radical (unpaired) electrons. The van der Waals surface area contributed by atoms with Gasteiger partial charge in [-0.1, -0.05) is 6.08 Å². The third kappa shape index (κ3) is 3.19. The van der Waals surface area contributed by atoms with Crippen LogP contribution < -0.4 is 0 Å². The van der Waals surface area contributed by atoms with Gasteiger partial charge >= 0.3 is 7.12 Å². The Kier molecular flexibility index (Phi) is 4.66. The maximum Gasteiger partial charge on any atom is 0.491 e. The Balaban J connectivity index is 2.30. The molecular formula is C15H18BFN2O2S. The molecule has 1 saturated heterocycles. The van der Waals surface area contributed by atoms with Crippen LogP contribution in [0.5, 0.6) is 0 Å². The van der Waals surface area contributed by atoms with E-state index in [9.17, 15) is 4.39 Å². The van der Waals surface area contributed by atoms with E-state index in [-0.39, 0.29) is 5.69 Å². The first-order valence-corrected chi connectivity index (χ1v) is 7.56. The fourth-order valence-electron chi connectivity index (χ4n) is 2.01. The lowest BCUT2D eigenvalue weighted by molar-refractivity contribution is 0.00578. The number of pyridine rings is 1. The average Bonchev–Trinajstić information content (AvgIpc) is 2.65. The van der Waals surface area contributed by atoms with Crippen LogP contribution in [0.3, 0.4) is 0 Å². The van der Waals surface area contributed by atoms with E-state index in [1.54, 1.807) is 12.1 Å². The molecule has 0 saturated carbocycles. The highest BCUT2D eigenvalue weighted by molar-refractivity contribution is 7.80. The summed E-state index contributed by atoms with van der Waals surface area (Å²) in [5.41, 5.74) is 0.185. The number of thiol groups is 1. The van der Waals surface area contributed by atoms with Crippen molar-refractivity contribution in [3.8, 4) is 6.07 Å². The number of nitrogens with zero attached hydrogens (tertiary/aromatic N) is 2. The molecule has 0 atom stereocenters. The quantitative estimate of drug-likeness (QED) is 0.687. The number of hydrogen-bond donors (Lipinski definition) is 1. The zero-order valence-corrected chi connectivity index (χ0v) is 13.9. The number of aromatic nitrogens is 1. The van der Waals surface area contributed by atoms with Gasteiger partial charge in [0.1, 0.15) is 6.07 Å². The van der Waals surface area contributed by atoms with Crippen molar-refractivity contribution >= 4 is 25.8 Å². The van der Waals surface area contributed by atoms with Gasteiger partial charge in [-0.05, 0) is 44.8 Å². The summed E-state index contributed by atoms with van der Waals surface area (Å²) in [7, 11) is -0.541. The van der Waals surface area contributed by atoms with Crippen molar-refractivity contribution in [3.63, 3.8) is 0 Å². The molecule has 0 unspecified atom stereocenters. The largest absolute Gasteiger partial charge is 0.491 e. The average molecular weight is 320 g/mol. The molecule has 0 amide bonds. The van der Waals surface area contributed by atoms with E-state index in [0.717, 1.165) is 5.47 Å². The minimum absolute atomic E-state index is 0.222. The van der Waals surface area contributed by atoms with E-state index in [1.807, 2.05) is 27.7 Å². The van der Waals surface area contributed by atoms with E-state index < -0.39 is 24.1 Å². The van der Waals surface area contributed by atoms with Gasteiger partial charge in [0.2, 0.25) is 0 Å². The molecule has 4 nitrogen and oxygen atoms in total.